The van der Waals surface area contributed by atoms with E-state index in [0.29, 0.717) is 5.56 Å². The van der Waals surface area contributed by atoms with Crippen molar-refractivity contribution in [3.05, 3.63) is 35.4 Å². The molecule has 2 heteroatoms. The van der Waals surface area contributed by atoms with Crippen LogP contribution < -0.4 is 0 Å². The summed E-state index contributed by atoms with van der Waals surface area (Å²) in [4.78, 5) is 10.8. The van der Waals surface area contributed by atoms with Gasteiger partial charge in [0.15, 0.2) is 5.78 Å². The van der Waals surface area contributed by atoms with Crippen LogP contribution in [0.5, 0.6) is 0 Å². The number of rotatable bonds is 2. The predicted octanol–water partition coefficient (Wildman–Crippen LogP) is 1.89. The highest BCUT2D eigenvalue weighted by molar-refractivity contribution is 5.95. The topological polar surface area (TPSA) is 40.9 Å². The van der Waals surface area contributed by atoms with Crippen molar-refractivity contribution in [2.45, 2.75) is 6.92 Å². The van der Waals surface area contributed by atoms with Crippen molar-refractivity contribution in [2.75, 3.05) is 0 Å². The fourth-order valence-corrected chi connectivity index (χ4v) is 0.847. The summed E-state index contributed by atoms with van der Waals surface area (Å²) in [6, 6.07) is 7.02. The molecule has 0 saturated heterocycles. The minimum atomic E-state index is 0.0358. The van der Waals surface area contributed by atoms with E-state index in [-0.39, 0.29) is 5.78 Å². The molecule has 0 aliphatic carbocycles. The Hall–Kier alpha value is -1.44. The van der Waals surface area contributed by atoms with Crippen molar-refractivity contribution in [3.63, 3.8) is 0 Å². The van der Waals surface area contributed by atoms with Crippen LogP contribution >= 0.6 is 0 Å². The third-order valence-corrected chi connectivity index (χ3v) is 1.46. The largest absolute Gasteiger partial charge is 0.308 e. The van der Waals surface area contributed by atoms with E-state index in [9.17, 15) is 4.79 Å². The Balaban J connectivity index is 3.10. The summed E-state index contributed by atoms with van der Waals surface area (Å²) in [5, 5.41) is 6.95. The van der Waals surface area contributed by atoms with E-state index in [4.69, 9.17) is 5.41 Å². The molecule has 1 rings (SSSR count). The molecule has 0 unspecified atom stereocenters. The zero-order chi connectivity index (χ0) is 8.27. The fraction of sp³-hybridized carbons (Fsp3) is 0.111. The predicted molar refractivity (Wildman–Crippen MR) is 44.3 cm³/mol. The second-order valence-corrected chi connectivity index (χ2v) is 2.33. The van der Waals surface area contributed by atoms with E-state index in [0.717, 1.165) is 5.56 Å². The molecule has 0 aliphatic heterocycles. The van der Waals surface area contributed by atoms with Crippen LogP contribution in [0.25, 0.3) is 0 Å². The maximum atomic E-state index is 10.8. The summed E-state index contributed by atoms with van der Waals surface area (Å²) in [6.45, 7) is 1.52. The van der Waals surface area contributed by atoms with Gasteiger partial charge in [-0.3, -0.25) is 4.79 Å². The van der Waals surface area contributed by atoms with Crippen LogP contribution in [-0.2, 0) is 0 Å². The smallest absolute Gasteiger partial charge is 0.159 e. The Kier molecular flexibility index (Phi) is 2.16. The van der Waals surface area contributed by atoms with Crippen molar-refractivity contribution < 1.29 is 4.79 Å². The highest BCUT2D eigenvalue weighted by Crippen LogP contribution is 2.03. The van der Waals surface area contributed by atoms with Gasteiger partial charge in [-0.2, -0.15) is 0 Å². The molecular weight excluding hydrogens is 138 g/mol. The zero-order valence-electron chi connectivity index (χ0n) is 6.29. The summed E-state index contributed by atoms with van der Waals surface area (Å²) in [5.41, 5.74) is 1.42. The molecule has 0 atom stereocenters. The standard InChI is InChI=1S/C9H9NO/c1-7(11)9-4-2-3-8(5-9)6-10/h2-6,10H,1H3. The lowest BCUT2D eigenvalue weighted by Crippen LogP contribution is -1.92. The molecule has 0 aliphatic rings. The van der Waals surface area contributed by atoms with Gasteiger partial charge in [-0.05, 0) is 18.6 Å². The van der Waals surface area contributed by atoms with Crippen LogP contribution in [0.2, 0.25) is 0 Å². The maximum Gasteiger partial charge on any atom is 0.159 e. The molecule has 0 fully saturated rings. The lowest BCUT2D eigenvalue weighted by molar-refractivity contribution is 0.101. The lowest BCUT2D eigenvalue weighted by Gasteiger charge is -1.95. The van der Waals surface area contributed by atoms with Crippen LogP contribution in [0.15, 0.2) is 24.3 Å². The number of hydrogen-bond acceptors (Lipinski definition) is 2. The Bertz CT molecular complexity index is 291. The number of Topliss-reactive ketones (excluding diaryl/α,β-unsaturated/α-hetero) is 1. The van der Waals surface area contributed by atoms with E-state index in [2.05, 4.69) is 0 Å². The number of carbonyl (C=O) groups excluding carboxylic acids is 1. The molecule has 0 bridgehead atoms. The van der Waals surface area contributed by atoms with Gasteiger partial charge < -0.3 is 5.41 Å². The van der Waals surface area contributed by atoms with Crippen LogP contribution in [-0.4, -0.2) is 12.0 Å². The first-order chi connectivity index (χ1) is 5.24. The first-order valence-corrected chi connectivity index (χ1v) is 3.35. The van der Waals surface area contributed by atoms with Crippen molar-refractivity contribution >= 4 is 12.0 Å². The van der Waals surface area contributed by atoms with Gasteiger partial charge in [0.25, 0.3) is 0 Å². The number of benzene rings is 1. The summed E-state index contributed by atoms with van der Waals surface area (Å²) in [6.07, 6.45) is 1.23. The molecule has 1 aromatic rings. The second kappa shape index (κ2) is 3.10. The summed E-state index contributed by atoms with van der Waals surface area (Å²) >= 11 is 0. The van der Waals surface area contributed by atoms with E-state index in [1.165, 1.54) is 13.1 Å². The molecular formula is C9H9NO. The molecule has 0 aromatic heterocycles. The van der Waals surface area contributed by atoms with E-state index < -0.39 is 0 Å². The molecule has 0 amide bonds. The van der Waals surface area contributed by atoms with Crippen LogP contribution in [0.4, 0.5) is 0 Å². The molecule has 56 valence electrons. The SMILES string of the molecule is CC(=O)c1cccc(C=N)c1. The lowest BCUT2D eigenvalue weighted by atomic mass is 10.1. The molecule has 2 nitrogen and oxygen atoms in total. The summed E-state index contributed by atoms with van der Waals surface area (Å²) < 4.78 is 0. The van der Waals surface area contributed by atoms with E-state index in [1.54, 1.807) is 24.3 Å². The van der Waals surface area contributed by atoms with Gasteiger partial charge in [0.2, 0.25) is 0 Å². The average molecular weight is 147 g/mol. The molecule has 0 spiro atoms. The van der Waals surface area contributed by atoms with Gasteiger partial charge in [-0.1, -0.05) is 18.2 Å². The maximum absolute atomic E-state index is 10.8. The van der Waals surface area contributed by atoms with Gasteiger partial charge >= 0.3 is 0 Å². The number of carbonyl (C=O) groups is 1. The van der Waals surface area contributed by atoms with Crippen molar-refractivity contribution in [2.24, 2.45) is 0 Å². The quantitative estimate of drug-likeness (QED) is 0.503. The molecule has 1 N–H and O–H groups in total. The second-order valence-electron chi connectivity index (χ2n) is 2.33. The normalized spacial score (nSPS) is 9.18. The van der Waals surface area contributed by atoms with Gasteiger partial charge in [0.05, 0.1) is 0 Å². The van der Waals surface area contributed by atoms with Crippen molar-refractivity contribution in [1.82, 2.24) is 0 Å². The first-order valence-electron chi connectivity index (χ1n) is 3.35. The monoisotopic (exact) mass is 147 g/mol. The van der Waals surface area contributed by atoms with Gasteiger partial charge in [0.1, 0.15) is 0 Å². The minimum Gasteiger partial charge on any atom is -0.308 e. The summed E-state index contributed by atoms with van der Waals surface area (Å²) in [5.74, 6) is 0.0358. The molecule has 11 heavy (non-hydrogen) atoms. The third kappa shape index (κ3) is 1.74. The molecule has 0 saturated carbocycles. The van der Waals surface area contributed by atoms with Crippen molar-refractivity contribution in [3.8, 4) is 0 Å². The van der Waals surface area contributed by atoms with Crippen LogP contribution in [0, 0.1) is 5.41 Å². The van der Waals surface area contributed by atoms with Crippen LogP contribution in [0.3, 0.4) is 0 Å². The number of nitrogens with one attached hydrogen (secondary N) is 1. The van der Waals surface area contributed by atoms with Crippen molar-refractivity contribution in [1.29, 1.82) is 5.41 Å². The third-order valence-electron chi connectivity index (χ3n) is 1.46. The highest BCUT2D eigenvalue weighted by Gasteiger charge is 1.97. The average Bonchev–Trinajstić information content (AvgIpc) is 2.05. The number of ketones is 1. The Morgan fingerprint density at radius 2 is 2.27 bits per heavy atom. The van der Waals surface area contributed by atoms with E-state index >= 15 is 0 Å². The Morgan fingerprint density at radius 1 is 1.55 bits per heavy atom. The van der Waals surface area contributed by atoms with Crippen LogP contribution in [0.1, 0.15) is 22.8 Å². The fourth-order valence-electron chi connectivity index (χ4n) is 0.847. The zero-order valence-corrected chi connectivity index (χ0v) is 6.29. The Labute approximate surface area is 65.4 Å². The highest BCUT2D eigenvalue weighted by atomic mass is 16.1. The number of hydrogen-bond donors (Lipinski definition) is 1. The molecule has 0 radical (unpaired) electrons. The molecule has 1 aromatic carbocycles. The summed E-state index contributed by atoms with van der Waals surface area (Å²) in [7, 11) is 0. The first kappa shape index (κ1) is 7.66. The van der Waals surface area contributed by atoms with Gasteiger partial charge in [0, 0.05) is 11.8 Å². The Morgan fingerprint density at radius 3 is 2.82 bits per heavy atom. The van der Waals surface area contributed by atoms with E-state index in [1.807, 2.05) is 0 Å². The minimum absolute atomic E-state index is 0.0358. The van der Waals surface area contributed by atoms with Gasteiger partial charge in [-0.25, -0.2) is 0 Å². The molecule has 0 heterocycles. The van der Waals surface area contributed by atoms with Gasteiger partial charge in [-0.15, -0.1) is 0 Å².